The summed E-state index contributed by atoms with van der Waals surface area (Å²) in [6.45, 7) is 0. The zero-order valence-electron chi connectivity index (χ0n) is 74.2. The molecule has 11 heteroatoms. The predicted octanol–water partition coefficient (Wildman–Crippen LogP) is 34.7. The molecule has 3 N–H and O–H groups in total. The molecular formula is C127H79N5O2S4. The third-order valence-corrected chi connectivity index (χ3v) is 33.5. The lowest BCUT2D eigenvalue weighted by Gasteiger charge is -2.40. The number of nitrogens with one attached hydrogen (secondary N) is 3. The summed E-state index contributed by atoms with van der Waals surface area (Å²) in [7, 11) is 0. The van der Waals surface area contributed by atoms with Gasteiger partial charge < -0.3 is 24.8 Å². The topological polar surface area (TPSA) is 88.2 Å². The summed E-state index contributed by atoms with van der Waals surface area (Å²) < 4.78 is 14.8. The van der Waals surface area contributed by atoms with Gasteiger partial charge in [-0.2, -0.15) is 0 Å². The van der Waals surface area contributed by atoms with Crippen LogP contribution in [0, 0.1) is 0 Å². The molecule has 7 nitrogen and oxygen atoms in total. The number of thiophene rings is 1. The minimum Gasteiger partial charge on any atom is -0.456 e. The lowest BCUT2D eigenvalue weighted by Crippen LogP contribution is -2.32. The number of nitrogens with zero attached hydrogens (tertiary/aromatic N) is 2. The molecule has 0 saturated carbocycles. The zero-order chi connectivity index (χ0) is 90.7. The first-order valence-corrected chi connectivity index (χ1v) is 50.0. The molecule has 5 aromatic heterocycles. The van der Waals surface area contributed by atoms with Crippen LogP contribution in [0.15, 0.2) is 500 Å². The molecule has 30 rings (SSSR count). The molecular weight excluding hydrogens is 1760 g/mol. The molecule has 6 aliphatic rings. The van der Waals surface area contributed by atoms with E-state index in [-0.39, 0.29) is 10.8 Å². The molecule has 8 heterocycles. The van der Waals surface area contributed by atoms with Gasteiger partial charge in [0.2, 0.25) is 0 Å². The van der Waals surface area contributed by atoms with E-state index < -0.39 is 5.41 Å². The molecule has 0 unspecified atom stereocenters. The van der Waals surface area contributed by atoms with Crippen molar-refractivity contribution < 1.29 is 8.83 Å². The fraction of sp³-hybridized carbons (Fsp3) is 0.0236. The Bertz CT molecular complexity index is 8660. The molecule has 0 radical (unpaired) electrons. The Morgan fingerprint density at radius 2 is 0.572 bits per heavy atom. The summed E-state index contributed by atoms with van der Waals surface area (Å²) in [4.78, 5) is 17.7. The molecule has 3 aliphatic carbocycles. The summed E-state index contributed by atoms with van der Waals surface area (Å²) in [5.41, 5.74) is 38.3. The Morgan fingerprint density at radius 1 is 0.210 bits per heavy atom. The highest BCUT2D eigenvalue weighted by molar-refractivity contribution is 8.00. The Balaban J connectivity index is 0.000000102. The number of para-hydroxylation sites is 2. The summed E-state index contributed by atoms with van der Waals surface area (Å²) in [6.07, 6.45) is 3.93. The quantitative estimate of drug-likeness (QED) is 0.130. The van der Waals surface area contributed by atoms with Crippen LogP contribution in [0.5, 0.6) is 0 Å². The van der Waals surface area contributed by atoms with Crippen LogP contribution >= 0.6 is 46.6 Å². The highest BCUT2D eigenvalue weighted by Gasteiger charge is 2.54. The first-order chi connectivity index (χ1) is 68.4. The van der Waals surface area contributed by atoms with Crippen LogP contribution in [-0.4, -0.2) is 9.97 Å². The summed E-state index contributed by atoms with van der Waals surface area (Å²) in [6, 6.07) is 163. The largest absolute Gasteiger partial charge is 0.456 e. The van der Waals surface area contributed by atoms with Gasteiger partial charge in [0.05, 0.1) is 56.0 Å². The van der Waals surface area contributed by atoms with Crippen LogP contribution < -0.4 is 16.0 Å². The highest BCUT2D eigenvalue weighted by Crippen LogP contribution is 2.67. The molecule has 0 saturated heterocycles. The average Bonchev–Trinajstić information content (AvgIpc) is 1.51. The van der Waals surface area contributed by atoms with Crippen LogP contribution in [0.1, 0.15) is 66.8 Å². The van der Waals surface area contributed by atoms with Crippen molar-refractivity contribution in [2.75, 3.05) is 16.0 Å². The van der Waals surface area contributed by atoms with Crippen LogP contribution in [0.4, 0.5) is 34.3 Å². The van der Waals surface area contributed by atoms with Gasteiger partial charge in [-0.15, -0.1) is 11.3 Å². The van der Waals surface area contributed by atoms with E-state index in [1.807, 2.05) is 114 Å². The second kappa shape index (κ2) is 32.0. The number of hydrogen-bond donors (Lipinski definition) is 3. The summed E-state index contributed by atoms with van der Waals surface area (Å²) in [5, 5.41) is 17.9. The third kappa shape index (κ3) is 12.3. The second-order valence-corrected chi connectivity index (χ2v) is 40.4. The predicted molar refractivity (Wildman–Crippen MR) is 572 cm³/mol. The lowest BCUT2D eigenvalue weighted by atomic mass is 9.67. The van der Waals surface area contributed by atoms with Gasteiger partial charge in [0, 0.05) is 89.0 Å². The van der Waals surface area contributed by atoms with Crippen molar-refractivity contribution in [3.05, 3.63) is 528 Å². The first-order valence-electron chi connectivity index (χ1n) is 46.8. The van der Waals surface area contributed by atoms with Crippen molar-refractivity contribution >= 4 is 145 Å². The Morgan fingerprint density at radius 3 is 1.06 bits per heavy atom. The Labute approximate surface area is 813 Å². The van der Waals surface area contributed by atoms with Crippen LogP contribution in [-0.2, 0) is 16.2 Å². The third-order valence-electron chi connectivity index (χ3n) is 28.9. The van der Waals surface area contributed by atoms with Crippen molar-refractivity contribution in [1.29, 1.82) is 0 Å². The van der Waals surface area contributed by atoms with Crippen molar-refractivity contribution in [3.8, 4) is 66.9 Å². The number of rotatable bonds is 9. The molecule has 0 amide bonds. The standard InChI is InChI=1S/C43H27NOS.C42H26N2OS.C42H26N2S2/c1-4-13-33-30(10-1)31-11-2-5-14-34(31)43(33)35-15-6-8-19-40(35)46-41-25-22-28(26-36(41)43)27-20-23-29(24-21-27)44-37-16-9-18-39-42(37)32-12-3-7-17-38(32)45-39;1-4-13-31-28(10-1)29-11-2-5-14-32(29)42(31)33-15-6-8-19-39(33)46-40-23-20-26(24-34(40)42)35-22-21-27(25-43-35)44-36-16-9-18-38-41(36)30-12-3-7-17-37(30)45-38;1-4-14-32-29(10-1)30-11-2-5-15-33(30)42(32)34-16-6-8-18-37(34)46-38-22-21-27(24-35(38)42)44-40-23-20-26(25-43-40)28-13-9-19-39-41(28)31-12-3-7-17-36(31)45-39/h1-26,44H;1-25,44H;1-25H,(H,43,44). The molecule has 648 valence electrons. The van der Waals surface area contributed by atoms with E-state index in [1.54, 1.807) is 0 Å². The number of anilines is 6. The van der Waals surface area contributed by atoms with Gasteiger partial charge in [0.25, 0.3) is 0 Å². The minimum absolute atomic E-state index is 0.367. The molecule has 138 heavy (non-hydrogen) atoms. The maximum Gasteiger partial charge on any atom is 0.137 e. The number of hydrogen-bond acceptors (Lipinski definition) is 11. The number of benzene rings is 19. The van der Waals surface area contributed by atoms with E-state index in [4.69, 9.17) is 18.8 Å². The number of fused-ring (bicyclic) bond motifs is 36. The van der Waals surface area contributed by atoms with E-state index in [0.717, 1.165) is 95.0 Å². The minimum atomic E-state index is -0.395. The van der Waals surface area contributed by atoms with Crippen molar-refractivity contribution in [2.24, 2.45) is 0 Å². The second-order valence-electron chi connectivity index (χ2n) is 36.1. The van der Waals surface area contributed by atoms with E-state index in [0.29, 0.717) is 0 Å². The number of furan rings is 2. The normalized spacial score (nSPS) is 13.7. The van der Waals surface area contributed by atoms with Gasteiger partial charge in [0.1, 0.15) is 28.1 Å². The molecule has 3 aliphatic heterocycles. The van der Waals surface area contributed by atoms with Gasteiger partial charge in [-0.25, -0.2) is 4.98 Å². The van der Waals surface area contributed by atoms with Crippen LogP contribution in [0.3, 0.4) is 0 Å². The van der Waals surface area contributed by atoms with Crippen LogP contribution in [0.2, 0.25) is 0 Å². The molecule has 0 bridgehead atoms. The first kappa shape index (κ1) is 80.2. The highest BCUT2D eigenvalue weighted by atomic mass is 32.2. The van der Waals surface area contributed by atoms with Crippen LogP contribution in [0.25, 0.3) is 131 Å². The van der Waals surface area contributed by atoms with Crippen molar-refractivity contribution in [1.82, 2.24) is 9.97 Å². The molecule has 3 spiro atoms. The molecule has 0 fully saturated rings. The molecule has 19 aromatic carbocycles. The summed E-state index contributed by atoms with van der Waals surface area (Å²) in [5.74, 6) is 0.830. The fourth-order valence-corrected chi connectivity index (χ4v) is 27.9. The number of aromatic nitrogens is 2. The molecule has 0 atom stereocenters. The summed E-state index contributed by atoms with van der Waals surface area (Å²) >= 11 is 7.46. The van der Waals surface area contributed by atoms with Gasteiger partial charge >= 0.3 is 0 Å². The smallest absolute Gasteiger partial charge is 0.137 e. The Kier molecular flexibility index (Phi) is 18.6. The Hall–Kier alpha value is -16.3. The monoisotopic (exact) mass is 1830 g/mol. The van der Waals surface area contributed by atoms with E-state index >= 15 is 0 Å². The van der Waals surface area contributed by atoms with Crippen molar-refractivity contribution in [2.45, 2.75) is 45.6 Å². The maximum absolute atomic E-state index is 6.12. The average molecular weight is 1840 g/mol. The van der Waals surface area contributed by atoms with Gasteiger partial charge in [-0.3, -0.25) is 4.98 Å². The van der Waals surface area contributed by atoms with E-state index in [2.05, 4.69) is 410 Å². The van der Waals surface area contributed by atoms with Gasteiger partial charge in [-0.1, -0.05) is 339 Å². The SMILES string of the molecule is c1ccc2c(c1)Sc1ccc(-c3ccc(Nc4cccc5oc6ccccc6c45)cc3)cc1C21c2ccccc2-c2ccccc21.c1ccc2c(c1)Sc1ccc(-c3ccc(Nc4cccc5oc6ccccc6c45)cn3)cc1C21c2ccccc2-c2ccccc21.c1ccc2c(c1)Sc1ccc(Nc3ccc(-c4cccc5sc6ccccc6c45)cn3)cc1C21c2ccccc2-c2ccccc21. The molecule has 24 aromatic rings. The maximum atomic E-state index is 6.12. The van der Waals surface area contributed by atoms with E-state index in [1.165, 1.54) is 166 Å². The van der Waals surface area contributed by atoms with Gasteiger partial charge in [0.15, 0.2) is 0 Å². The van der Waals surface area contributed by atoms with E-state index in [9.17, 15) is 0 Å². The number of pyridine rings is 2. The van der Waals surface area contributed by atoms with Gasteiger partial charge in [-0.05, 0) is 262 Å². The lowest BCUT2D eigenvalue weighted by molar-refractivity contribution is 0.668. The fourth-order valence-electron chi connectivity index (χ4n) is 23.2. The van der Waals surface area contributed by atoms with Crippen molar-refractivity contribution in [3.63, 3.8) is 0 Å². The zero-order valence-corrected chi connectivity index (χ0v) is 77.5.